The molecule has 7 heteroatoms. The van der Waals surface area contributed by atoms with Crippen molar-refractivity contribution in [3.8, 4) is 0 Å². The van der Waals surface area contributed by atoms with E-state index in [-0.39, 0.29) is 24.1 Å². The quantitative estimate of drug-likeness (QED) is 0.621. The van der Waals surface area contributed by atoms with Crippen LogP contribution < -0.4 is 0 Å². The van der Waals surface area contributed by atoms with Crippen molar-refractivity contribution in [3.05, 3.63) is 27.1 Å². The third-order valence-corrected chi connectivity index (χ3v) is 2.93. The molecule has 1 aromatic heterocycles. The van der Waals surface area contributed by atoms with E-state index in [2.05, 4.69) is 0 Å². The number of thiophene rings is 1. The van der Waals surface area contributed by atoms with Crippen LogP contribution in [-0.4, -0.2) is 40.5 Å². The highest BCUT2D eigenvalue weighted by Gasteiger charge is 2.18. The highest BCUT2D eigenvalue weighted by atomic mass is 32.1. The van der Waals surface area contributed by atoms with Crippen LogP contribution in [0, 0.1) is 10.1 Å². The van der Waals surface area contributed by atoms with Gasteiger partial charge in [-0.25, -0.2) is 0 Å². The first-order chi connectivity index (χ1) is 7.60. The molecule has 0 aliphatic rings. The maximum Gasteiger partial charge on any atom is 0.324 e. The molecular weight excluding hydrogens is 232 g/mol. The first kappa shape index (κ1) is 12.6. The largest absolute Gasteiger partial charge is 0.395 e. The summed E-state index contributed by atoms with van der Waals surface area (Å²) < 4.78 is 0. The molecular formula is C9H12N2O4S. The fourth-order valence-corrected chi connectivity index (χ4v) is 1.94. The molecule has 0 aromatic carbocycles. The van der Waals surface area contributed by atoms with Gasteiger partial charge < -0.3 is 10.0 Å². The molecule has 1 heterocycles. The van der Waals surface area contributed by atoms with Crippen molar-refractivity contribution in [1.82, 2.24) is 4.90 Å². The van der Waals surface area contributed by atoms with E-state index in [9.17, 15) is 14.9 Å². The molecule has 1 rings (SSSR count). The average molecular weight is 244 g/mol. The third-order valence-electron chi connectivity index (χ3n) is 2.05. The molecule has 0 fully saturated rings. The Morgan fingerprint density at radius 3 is 2.81 bits per heavy atom. The van der Waals surface area contributed by atoms with E-state index in [0.29, 0.717) is 12.1 Å². The normalized spacial score (nSPS) is 10.1. The Morgan fingerprint density at radius 2 is 2.38 bits per heavy atom. The lowest BCUT2D eigenvalue weighted by atomic mass is 10.3. The van der Waals surface area contributed by atoms with Gasteiger partial charge in [-0.3, -0.25) is 14.9 Å². The molecule has 6 nitrogen and oxygen atoms in total. The average Bonchev–Trinajstić information content (AvgIpc) is 2.74. The van der Waals surface area contributed by atoms with Crippen LogP contribution in [-0.2, 0) is 0 Å². The Balaban J connectivity index is 2.82. The zero-order chi connectivity index (χ0) is 12.1. The Bertz CT molecular complexity index is 391. The first-order valence-electron chi connectivity index (χ1n) is 4.73. The van der Waals surface area contributed by atoms with Crippen LogP contribution in [0.1, 0.15) is 17.3 Å². The van der Waals surface area contributed by atoms with Gasteiger partial charge in [0.15, 0.2) is 0 Å². The lowest BCUT2D eigenvalue weighted by molar-refractivity contribution is -0.380. The number of nitro groups is 1. The zero-order valence-electron chi connectivity index (χ0n) is 8.75. The van der Waals surface area contributed by atoms with Crippen LogP contribution in [0.3, 0.4) is 0 Å². The molecule has 16 heavy (non-hydrogen) atoms. The van der Waals surface area contributed by atoms with Gasteiger partial charge >= 0.3 is 5.00 Å². The summed E-state index contributed by atoms with van der Waals surface area (Å²) >= 11 is 0.923. The minimum absolute atomic E-state index is 0.0524. The minimum atomic E-state index is -0.524. The Hall–Kier alpha value is -1.47. The summed E-state index contributed by atoms with van der Waals surface area (Å²) in [6, 6.07) is 1.26. The van der Waals surface area contributed by atoms with Gasteiger partial charge in [0, 0.05) is 24.5 Å². The molecule has 0 bridgehead atoms. The monoisotopic (exact) mass is 244 g/mol. The van der Waals surface area contributed by atoms with Crippen molar-refractivity contribution in [2.45, 2.75) is 6.92 Å². The van der Waals surface area contributed by atoms with Gasteiger partial charge in [-0.05, 0) is 6.92 Å². The SMILES string of the molecule is CCN(CCO)C(=O)c1csc([N+](=O)[O-])c1. The molecule has 0 aliphatic carbocycles. The van der Waals surface area contributed by atoms with Gasteiger partial charge in [0.05, 0.1) is 17.1 Å². The molecule has 0 aliphatic heterocycles. The van der Waals surface area contributed by atoms with Crippen molar-refractivity contribution in [2.75, 3.05) is 19.7 Å². The van der Waals surface area contributed by atoms with Crippen molar-refractivity contribution < 1.29 is 14.8 Å². The number of aliphatic hydroxyl groups is 1. The standard InChI is InChI=1S/C9H12N2O4S/c1-2-10(3-4-12)9(13)7-5-8(11(14)15)16-6-7/h5-6,12H,2-4H2,1H3. The number of rotatable bonds is 5. The van der Waals surface area contributed by atoms with Gasteiger partial charge in [-0.2, -0.15) is 0 Å². The molecule has 88 valence electrons. The van der Waals surface area contributed by atoms with Crippen LogP contribution >= 0.6 is 11.3 Å². The smallest absolute Gasteiger partial charge is 0.324 e. The zero-order valence-corrected chi connectivity index (χ0v) is 9.57. The molecule has 1 amide bonds. The second-order valence-corrected chi connectivity index (χ2v) is 3.93. The summed E-state index contributed by atoms with van der Waals surface area (Å²) in [6.07, 6.45) is 0. The van der Waals surface area contributed by atoms with E-state index < -0.39 is 4.92 Å². The highest BCUT2D eigenvalue weighted by Crippen LogP contribution is 2.23. The van der Waals surface area contributed by atoms with Crippen LogP contribution in [0.4, 0.5) is 5.00 Å². The summed E-state index contributed by atoms with van der Waals surface area (Å²) in [5.41, 5.74) is 0.298. The number of amides is 1. The predicted molar refractivity (Wildman–Crippen MR) is 59.6 cm³/mol. The van der Waals surface area contributed by atoms with E-state index in [4.69, 9.17) is 5.11 Å². The van der Waals surface area contributed by atoms with Gasteiger partial charge in [0.2, 0.25) is 0 Å². The number of carbonyl (C=O) groups is 1. The van der Waals surface area contributed by atoms with E-state index in [0.717, 1.165) is 11.3 Å². The van der Waals surface area contributed by atoms with Crippen LogP contribution in [0.5, 0.6) is 0 Å². The van der Waals surface area contributed by atoms with E-state index in [1.165, 1.54) is 16.3 Å². The van der Waals surface area contributed by atoms with Crippen molar-refractivity contribution in [3.63, 3.8) is 0 Å². The second-order valence-electron chi connectivity index (χ2n) is 3.04. The lowest BCUT2D eigenvalue weighted by Gasteiger charge is -2.18. The summed E-state index contributed by atoms with van der Waals surface area (Å²) in [4.78, 5) is 23.2. The molecule has 0 unspecified atom stereocenters. The number of likely N-dealkylation sites (N-methyl/N-ethyl adjacent to an activating group) is 1. The van der Waals surface area contributed by atoms with Crippen LogP contribution in [0.2, 0.25) is 0 Å². The molecule has 0 saturated heterocycles. The fraction of sp³-hybridized carbons (Fsp3) is 0.444. The molecule has 1 aromatic rings. The molecule has 0 saturated carbocycles. The molecule has 0 atom stereocenters. The lowest BCUT2D eigenvalue weighted by Crippen LogP contribution is -2.33. The Kier molecular flexibility index (Phi) is 4.39. The number of carbonyl (C=O) groups excluding carboxylic acids is 1. The molecule has 0 spiro atoms. The van der Waals surface area contributed by atoms with Gasteiger partial charge in [0.1, 0.15) is 0 Å². The van der Waals surface area contributed by atoms with Crippen molar-refractivity contribution in [1.29, 1.82) is 0 Å². The van der Waals surface area contributed by atoms with Gasteiger partial charge in [0.25, 0.3) is 5.91 Å². The topological polar surface area (TPSA) is 83.7 Å². The summed E-state index contributed by atoms with van der Waals surface area (Å²) in [5.74, 6) is -0.291. The van der Waals surface area contributed by atoms with Crippen molar-refractivity contribution in [2.24, 2.45) is 0 Å². The van der Waals surface area contributed by atoms with Crippen LogP contribution in [0.15, 0.2) is 11.4 Å². The Labute approximate surface area is 96.3 Å². The van der Waals surface area contributed by atoms with Gasteiger partial charge in [-0.1, -0.05) is 11.3 Å². The summed E-state index contributed by atoms with van der Waals surface area (Å²) in [6.45, 7) is 2.36. The van der Waals surface area contributed by atoms with Crippen molar-refractivity contribution >= 4 is 22.2 Å². The minimum Gasteiger partial charge on any atom is -0.395 e. The van der Waals surface area contributed by atoms with Crippen LogP contribution in [0.25, 0.3) is 0 Å². The number of hydrogen-bond acceptors (Lipinski definition) is 5. The first-order valence-corrected chi connectivity index (χ1v) is 5.61. The maximum absolute atomic E-state index is 11.8. The summed E-state index contributed by atoms with van der Waals surface area (Å²) in [5, 5.41) is 20.6. The second kappa shape index (κ2) is 5.57. The molecule has 1 N–H and O–H groups in total. The van der Waals surface area contributed by atoms with E-state index >= 15 is 0 Å². The summed E-state index contributed by atoms with van der Waals surface area (Å²) in [7, 11) is 0. The number of nitrogens with zero attached hydrogens (tertiary/aromatic N) is 2. The molecule has 0 radical (unpaired) electrons. The number of aliphatic hydroxyl groups excluding tert-OH is 1. The highest BCUT2D eigenvalue weighted by molar-refractivity contribution is 7.13. The van der Waals surface area contributed by atoms with E-state index in [1.54, 1.807) is 6.92 Å². The third kappa shape index (κ3) is 2.77. The predicted octanol–water partition coefficient (Wildman–Crippen LogP) is 1.11. The maximum atomic E-state index is 11.8. The fourth-order valence-electron chi connectivity index (χ4n) is 1.24. The number of hydrogen-bond donors (Lipinski definition) is 1. The van der Waals surface area contributed by atoms with Gasteiger partial charge in [-0.15, -0.1) is 0 Å². The Morgan fingerprint density at radius 1 is 1.69 bits per heavy atom. The van der Waals surface area contributed by atoms with E-state index in [1.807, 2.05) is 0 Å².